The Bertz CT molecular complexity index is 1430. The highest BCUT2D eigenvalue weighted by Crippen LogP contribution is 2.75. The molecule has 4 aliphatic carbocycles. The number of ether oxygens (including phenoxy) is 2. The summed E-state index contributed by atoms with van der Waals surface area (Å²) in [6.45, 7) is 23.7. The number of aliphatic carboxylic acids is 1. The zero-order chi connectivity index (χ0) is 35.2. The van der Waals surface area contributed by atoms with E-state index in [0.29, 0.717) is 43.4 Å². The Hall–Kier alpha value is -1.88. The molecule has 0 amide bonds. The third-order valence-corrected chi connectivity index (χ3v) is 15.9. The summed E-state index contributed by atoms with van der Waals surface area (Å²) < 4.78 is 13.6. The third kappa shape index (κ3) is 4.92. The van der Waals surface area contributed by atoms with Crippen LogP contribution in [-0.2, 0) is 20.9 Å². The van der Waals surface area contributed by atoms with Crippen molar-refractivity contribution in [1.82, 2.24) is 20.2 Å². The fourth-order valence-electron chi connectivity index (χ4n) is 12.0. The Morgan fingerprint density at radius 3 is 2.44 bits per heavy atom. The SMILES string of the molecule is CC(C)[C@@H](C)[C@@]1(C)CC[C@]2(C)[C@H]3CC[C@@H]4[C@@]5(COC[C@]4(C)[C@@H](OC[C@](C)(N)C(C)C)[C@H](n4nnc(CO)n4)C5)C3=CC[C@@]2(C)C1C(=O)O. The minimum atomic E-state index is -0.640. The fourth-order valence-corrected chi connectivity index (χ4v) is 12.0. The minimum Gasteiger partial charge on any atom is -0.481 e. The molecule has 2 heterocycles. The number of aliphatic hydroxyl groups excluding tert-OH is 1. The standard InChI is InChI=1S/C38H63N5O5/c1-22(2)24(5)33(6)15-16-35(8)25-11-12-28-34(7)19-47-21-38(28,26(25)13-14-36(35,9)30(33)32(45)46)17-27(43-41-29(18-44)40-42-43)31(34)48-20-37(10,39)23(3)4/h13,22-25,27-28,30-31,44H,11-12,14-21,39H2,1-10H3,(H,45,46)/t24-,25+,27-,28+,30?,31+,33-,34+,35-,36+,37+,38+/m1/s1. The van der Waals surface area contributed by atoms with Gasteiger partial charge in [0.2, 0.25) is 0 Å². The van der Waals surface area contributed by atoms with Gasteiger partial charge in [-0.3, -0.25) is 4.79 Å². The van der Waals surface area contributed by atoms with E-state index in [0.717, 1.165) is 38.5 Å². The van der Waals surface area contributed by atoms with Crippen LogP contribution in [0.1, 0.15) is 120 Å². The van der Waals surface area contributed by atoms with Crippen LogP contribution in [-0.4, -0.2) is 67.9 Å². The summed E-state index contributed by atoms with van der Waals surface area (Å²) in [4.78, 5) is 15.1. The predicted octanol–water partition coefficient (Wildman–Crippen LogP) is 6.05. The Morgan fingerprint density at radius 1 is 1.12 bits per heavy atom. The molecule has 12 atom stereocenters. The van der Waals surface area contributed by atoms with Gasteiger partial charge in [-0.25, -0.2) is 0 Å². The maximum absolute atomic E-state index is 13.4. The van der Waals surface area contributed by atoms with Crippen molar-refractivity contribution < 1.29 is 24.5 Å². The number of allylic oxidation sites excluding steroid dienone is 1. The predicted molar refractivity (Wildman–Crippen MR) is 184 cm³/mol. The second-order valence-electron chi connectivity index (χ2n) is 18.7. The van der Waals surface area contributed by atoms with Crippen LogP contribution in [0.4, 0.5) is 0 Å². The third-order valence-electron chi connectivity index (χ3n) is 15.9. The first-order chi connectivity index (χ1) is 22.3. The molecule has 0 radical (unpaired) electrons. The zero-order valence-corrected chi connectivity index (χ0v) is 31.3. The summed E-state index contributed by atoms with van der Waals surface area (Å²) in [5.41, 5.74) is 6.30. The Labute approximate surface area is 288 Å². The van der Waals surface area contributed by atoms with Crippen molar-refractivity contribution in [2.24, 2.45) is 68.3 Å². The van der Waals surface area contributed by atoms with E-state index in [-0.39, 0.29) is 57.7 Å². The van der Waals surface area contributed by atoms with Gasteiger partial charge in [0.1, 0.15) is 12.6 Å². The summed E-state index contributed by atoms with van der Waals surface area (Å²) in [6.07, 6.45) is 7.71. The van der Waals surface area contributed by atoms with Crippen molar-refractivity contribution >= 4 is 5.97 Å². The van der Waals surface area contributed by atoms with Crippen molar-refractivity contribution in [2.45, 2.75) is 132 Å². The van der Waals surface area contributed by atoms with E-state index in [2.05, 4.69) is 83.8 Å². The Kier molecular flexibility index (Phi) is 8.86. The lowest BCUT2D eigenvalue weighted by molar-refractivity contribution is -0.254. The van der Waals surface area contributed by atoms with Crippen LogP contribution in [0.15, 0.2) is 11.6 Å². The van der Waals surface area contributed by atoms with E-state index < -0.39 is 17.4 Å². The maximum Gasteiger partial charge on any atom is 0.307 e. The Balaban J connectivity index is 1.45. The molecule has 1 aromatic heterocycles. The van der Waals surface area contributed by atoms with Gasteiger partial charge >= 0.3 is 5.97 Å². The second kappa shape index (κ2) is 11.8. The zero-order valence-electron chi connectivity index (χ0n) is 31.3. The molecular weight excluding hydrogens is 606 g/mol. The molecule has 270 valence electrons. The van der Waals surface area contributed by atoms with Gasteiger partial charge in [0.15, 0.2) is 5.82 Å². The average Bonchev–Trinajstić information content (AvgIpc) is 3.49. The number of carboxylic acid groups (broad SMARTS) is 1. The quantitative estimate of drug-likeness (QED) is 0.267. The van der Waals surface area contributed by atoms with Crippen LogP contribution in [0.3, 0.4) is 0 Å². The molecule has 4 N–H and O–H groups in total. The number of tetrazole rings is 1. The lowest BCUT2D eigenvalue weighted by Gasteiger charge is -2.71. The van der Waals surface area contributed by atoms with E-state index in [9.17, 15) is 15.0 Å². The molecule has 0 spiro atoms. The van der Waals surface area contributed by atoms with Crippen LogP contribution in [0.2, 0.25) is 0 Å². The van der Waals surface area contributed by atoms with Crippen molar-refractivity contribution in [2.75, 3.05) is 19.8 Å². The van der Waals surface area contributed by atoms with Gasteiger partial charge in [0.05, 0.1) is 31.8 Å². The maximum atomic E-state index is 13.4. The number of aromatic nitrogens is 4. The number of hydrogen-bond acceptors (Lipinski definition) is 8. The first kappa shape index (κ1) is 35.9. The van der Waals surface area contributed by atoms with E-state index >= 15 is 0 Å². The van der Waals surface area contributed by atoms with E-state index in [1.54, 1.807) is 4.80 Å². The monoisotopic (exact) mass is 669 g/mol. The van der Waals surface area contributed by atoms with E-state index in [1.165, 1.54) is 5.57 Å². The lowest BCUT2D eigenvalue weighted by Crippen LogP contribution is -2.69. The minimum absolute atomic E-state index is 0.166. The number of carbonyl (C=O) groups is 1. The topological polar surface area (TPSA) is 146 Å². The van der Waals surface area contributed by atoms with Gasteiger partial charge in [0, 0.05) is 16.4 Å². The largest absolute Gasteiger partial charge is 0.481 e. The number of hydrogen-bond donors (Lipinski definition) is 3. The summed E-state index contributed by atoms with van der Waals surface area (Å²) in [5, 5.41) is 34.2. The first-order valence-electron chi connectivity index (χ1n) is 18.6. The van der Waals surface area contributed by atoms with Crippen LogP contribution in [0.25, 0.3) is 0 Å². The van der Waals surface area contributed by atoms with Crippen molar-refractivity contribution in [3.05, 3.63) is 17.5 Å². The summed E-state index contributed by atoms with van der Waals surface area (Å²) in [7, 11) is 0. The smallest absolute Gasteiger partial charge is 0.307 e. The van der Waals surface area contributed by atoms with Gasteiger partial charge < -0.3 is 25.4 Å². The number of nitrogens with zero attached hydrogens (tertiary/aromatic N) is 4. The Morgan fingerprint density at radius 2 is 1.83 bits per heavy atom. The van der Waals surface area contributed by atoms with Gasteiger partial charge in [-0.15, -0.1) is 10.2 Å². The first-order valence-corrected chi connectivity index (χ1v) is 18.6. The molecule has 10 heteroatoms. The molecular formula is C38H63N5O5. The van der Waals surface area contributed by atoms with Gasteiger partial charge in [-0.05, 0) is 96.5 Å². The van der Waals surface area contributed by atoms with Gasteiger partial charge in [-0.2, -0.15) is 4.80 Å². The molecule has 4 fully saturated rings. The van der Waals surface area contributed by atoms with Gasteiger partial charge in [0.25, 0.3) is 0 Å². The number of nitrogens with two attached hydrogens (primary N) is 1. The second-order valence-corrected chi connectivity index (χ2v) is 18.7. The van der Waals surface area contributed by atoms with E-state index in [1.807, 2.05) is 6.92 Å². The van der Waals surface area contributed by atoms with Crippen molar-refractivity contribution in [3.8, 4) is 0 Å². The van der Waals surface area contributed by atoms with Crippen LogP contribution < -0.4 is 5.73 Å². The fraction of sp³-hybridized carbons (Fsp3) is 0.895. The number of aliphatic hydroxyl groups is 1. The van der Waals surface area contributed by atoms with Crippen molar-refractivity contribution in [1.29, 1.82) is 0 Å². The molecule has 0 aromatic carbocycles. The molecule has 1 aromatic rings. The summed E-state index contributed by atoms with van der Waals surface area (Å²) >= 11 is 0. The number of carboxylic acids is 1. The molecule has 3 saturated carbocycles. The van der Waals surface area contributed by atoms with Crippen LogP contribution >= 0.6 is 0 Å². The molecule has 6 rings (SSSR count). The molecule has 1 saturated heterocycles. The van der Waals surface area contributed by atoms with E-state index in [4.69, 9.17) is 15.2 Å². The van der Waals surface area contributed by atoms with Crippen LogP contribution in [0.5, 0.6) is 0 Å². The average molecular weight is 670 g/mol. The molecule has 48 heavy (non-hydrogen) atoms. The number of fused-ring (bicyclic) bond motifs is 3. The van der Waals surface area contributed by atoms with Gasteiger partial charge in [-0.1, -0.05) is 74.0 Å². The summed E-state index contributed by atoms with van der Waals surface area (Å²) in [5.74, 6) is 0.760. The molecule has 5 aliphatic rings. The van der Waals surface area contributed by atoms with Crippen LogP contribution in [0, 0.1) is 62.6 Å². The molecule has 1 unspecified atom stereocenters. The highest BCUT2D eigenvalue weighted by atomic mass is 16.5. The van der Waals surface area contributed by atoms with Crippen molar-refractivity contribution in [3.63, 3.8) is 0 Å². The highest BCUT2D eigenvalue weighted by molar-refractivity contribution is 5.73. The lowest BCUT2D eigenvalue weighted by atomic mass is 9.34. The highest BCUT2D eigenvalue weighted by Gasteiger charge is 2.72. The molecule has 2 bridgehead atoms. The number of rotatable bonds is 9. The molecule has 10 nitrogen and oxygen atoms in total. The normalized spacial score (nSPS) is 44.3. The molecule has 1 aliphatic heterocycles. The summed E-state index contributed by atoms with van der Waals surface area (Å²) in [6, 6.07) is -0.222.